The lowest BCUT2D eigenvalue weighted by Crippen LogP contribution is -2.23. The highest BCUT2D eigenvalue weighted by molar-refractivity contribution is 5.46. The molecule has 1 aliphatic rings. The maximum Gasteiger partial charge on any atom is 0.148 e. The number of benzene rings is 1. The summed E-state index contributed by atoms with van der Waals surface area (Å²) < 4.78 is 10.6. The molecule has 0 saturated heterocycles. The van der Waals surface area contributed by atoms with Crippen LogP contribution in [0.1, 0.15) is 23.3 Å². The number of fused-ring (bicyclic) bond motifs is 1. The minimum Gasteiger partial charge on any atom is -0.497 e. The lowest BCUT2D eigenvalue weighted by atomic mass is 9.93. The largest absolute Gasteiger partial charge is 0.497 e. The zero-order valence-corrected chi connectivity index (χ0v) is 9.64. The van der Waals surface area contributed by atoms with E-state index in [1.165, 1.54) is 0 Å². The first-order valence-corrected chi connectivity index (χ1v) is 5.68. The van der Waals surface area contributed by atoms with Crippen LogP contribution in [0.5, 0.6) is 5.75 Å². The van der Waals surface area contributed by atoms with E-state index in [0.717, 1.165) is 23.3 Å². The van der Waals surface area contributed by atoms with Gasteiger partial charge in [-0.25, -0.2) is 0 Å². The van der Waals surface area contributed by atoms with E-state index in [4.69, 9.17) is 9.15 Å². The summed E-state index contributed by atoms with van der Waals surface area (Å²) >= 11 is 0. The van der Waals surface area contributed by atoms with Crippen LogP contribution in [0.15, 0.2) is 41.0 Å². The van der Waals surface area contributed by atoms with Crippen LogP contribution in [0.4, 0.5) is 0 Å². The molecule has 2 aromatic rings. The third-order valence-electron chi connectivity index (χ3n) is 3.45. The molecule has 0 spiro atoms. The first kappa shape index (κ1) is 10.4. The summed E-state index contributed by atoms with van der Waals surface area (Å²) in [6, 6.07) is 9.44. The Labute approximate surface area is 99.6 Å². The zero-order valence-electron chi connectivity index (χ0n) is 9.64. The first-order chi connectivity index (χ1) is 8.24. The van der Waals surface area contributed by atoms with Gasteiger partial charge in [0.1, 0.15) is 17.1 Å². The minimum absolute atomic E-state index is 0.601. The minimum atomic E-state index is -1.01. The van der Waals surface area contributed by atoms with Crippen LogP contribution in [0.3, 0.4) is 0 Å². The Hall–Kier alpha value is -1.74. The molecule has 3 heteroatoms. The summed E-state index contributed by atoms with van der Waals surface area (Å²) in [6.07, 6.45) is 3.10. The van der Waals surface area contributed by atoms with Gasteiger partial charge in [0.05, 0.1) is 13.4 Å². The Morgan fingerprint density at radius 3 is 2.94 bits per heavy atom. The summed E-state index contributed by atoms with van der Waals surface area (Å²) in [6.45, 7) is 0. The molecule has 3 rings (SSSR count). The van der Waals surface area contributed by atoms with Gasteiger partial charge in [-0.3, -0.25) is 0 Å². The Morgan fingerprint density at radius 1 is 1.35 bits per heavy atom. The Kier molecular flexibility index (Phi) is 2.23. The lowest BCUT2D eigenvalue weighted by Gasteiger charge is -2.21. The van der Waals surface area contributed by atoms with E-state index in [2.05, 4.69) is 0 Å². The van der Waals surface area contributed by atoms with Crippen LogP contribution in [-0.2, 0) is 12.0 Å². The van der Waals surface area contributed by atoms with E-state index in [1.54, 1.807) is 19.4 Å². The second-order valence-electron chi connectivity index (χ2n) is 4.36. The molecule has 88 valence electrons. The number of aryl methyl sites for hydroxylation is 1. The predicted molar refractivity (Wildman–Crippen MR) is 63.0 cm³/mol. The summed E-state index contributed by atoms with van der Waals surface area (Å²) in [5.41, 5.74) is 1.05. The van der Waals surface area contributed by atoms with Gasteiger partial charge in [0.25, 0.3) is 0 Å². The second-order valence-corrected chi connectivity index (χ2v) is 4.36. The molecule has 1 aromatic heterocycles. The molecular formula is C14H14O3. The highest BCUT2D eigenvalue weighted by atomic mass is 16.5. The summed E-state index contributed by atoms with van der Waals surface area (Å²) in [7, 11) is 1.63. The summed E-state index contributed by atoms with van der Waals surface area (Å²) in [4.78, 5) is 0. The number of aliphatic hydroxyl groups is 1. The van der Waals surface area contributed by atoms with E-state index < -0.39 is 5.60 Å². The molecular weight excluding hydrogens is 216 g/mol. The molecule has 0 radical (unpaired) electrons. The first-order valence-electron chi connectivity index (χ1n) is 5.68. The number of rotatable bonds is 2. The molecule has 1 N–H and O–H groups in total. The zero-order chi connectivity index (χ0) is 11.9. The van der Waals surface area contributed by atoms with Gasteiger partial charge in [0, 0.05) is 0 Å². The van der Waals surface area contributed by atoms with Crippen molar-refractivity contribution in [3.05, 3.63) is 53.5 Å². The smallest absolute Gasteiger partial charge is 0.148 e. The Bertz CT molecular complexity index is 530. The van der Waals surface area contributed by atoms with Crippen molar-refractivity contribution in [2.45, 2.75) is 18.4 Å². The van der Waals surface area contributed by atoms with E-state index in [0.29, 0.717) is 12.2 Å². The molecule has 0 aliphatic heterocycles. The van der Waals surface area contributed by atoms with E-state index >= 15 is 0 Å². The van der Waals surface area contributed by atoms with Gasteiger partial charge in [-0.2, -0.15) is 0 Å². The number of hydrogen-bond acceptors (Lipinski definition) is 3. The quantitative estimate of drug-likeness (QED) is 0.861. The number of methoxy groups -OCH3 is 1. The maximum absolute atomic E-state index is 10.8. The molecule has 1 unspecified atom stereocenters. The Balaban J connectivity index is 2.14. The van der Waals surface area contributed by atoms with E-state index in [-0.39, 0.29) is 0 Å². The van der Waals surface area contributed by atoms with Gasteiger partial charge < -0.3 is 14.3 Å². The number of furan rings is 1. The fraction of sp³-hybridized carbons (Fsp3) is 0.286. The van der Waals surface area contributed by atoms with Gasteiger partial charge in [0.15, 0.2) is 0 Å². The number of ether oxygens (including phenoxy) is 1. The molecule has 3 nitrogen and oxygen atoms in total. The molecule has 0 fully saturated rings. The third kappa shape index (κ3) is 1.46. The molecule has 0 amide bonds. The van der Waals surface area contributed by atoms with Gasteiger partial charge in [-0.05, 0) is 48.2 Å². The van der Waals surface area contributed by atoms with Gasteiger partial charge in [-0.15, -0.1) is 0 Å². The SMILES string of the molecule is COc1ccc2c(c1)C(O)(c1ccco1)CC2. The normalized spacial score (nSPS) is 22.5. The number of hydrogen-bond donors (Lipinski definition) is 1. The summed E-state index contributed by atoms with van der Waals surface area (Å²) in [5.74, 6) is 1.36. The molecule has 1 heterocycles. The average molecular weight is 230 g/mol. The molecule has 0 saturated carbocycles. The predicted octanol–water partition coefficient (Wildman–Crippen LogP) is 2.47. The monoisotopic (exact) mass is 230 g/mol. The van der Waals surface area contributed by atoms with Crippen molar-refractivity contribution >= 4 is 0 Å². The van der Waals surface area contributed by atoms with E-state index in [1.807, 2.05) is 24.3 Å². The van der Waals surface area contributed by atoms with Crippen molar-refractivity contribution in [1.29, 1.82) is 0 Å². The van der Waals surface area contributed by atoms with Crippen LogP contribution in [0.2, 0.25) is 0 Å². The molecule has 1 aromatic carbocycles. The molecule has 1 atom stereocenters. The van der Waals surface area contributed by atoms with Crippen LogP contribution in [0, 0.1) is 0 Å². The fourth-order valence-electron chi connectivity index (χ4n) is 2.51. The van der Waals surface area contributed by atoms with Crippen LogP contribution in [-0.4, -0.2) is 12.2 Å². The van der Waals surface area contributed by atoms with Gasteiger partial charge in [-0.1, -0.05) is 6.07 Å². The molecule has 1 aliphatic carbocycles. The van der Waals surface area contributed by atoms with Crippen molar-refractivity contribution < 1.29 is 14.3 Å². The van der Waals surface area contributed by atoms with Crippen molar-refractivity contribution in [2.24, 2.45) is 0 Å². The third-order valence-corrected chi connectivity index (χ3v) is 3.45. The maximum atomic E-state index is 10.8. The van der Waals surface area contributed by atoms with Gasteiger partial charge >= 0.3 is 0 Å². The van der Waals surface area contributed by atoms with Crippen molar-refractivity contribution in [2.75, 3.05) is 7.11 Å². The standard InChI is InChI=1S/C14H14O3/c1-16-11-5-4-10-6-7-14(15,12(10)9-11)13-3-2-8-17-13/h2-5,8-9,15H,6-7H2,1H3. The fourth-order valence-corrected chi connectivity index (χ4v) is 2.51. The average Bonchev–Trinajstić information content (AvgIpc) is 2.98. The van der Waals surface area contributed by atoms with Crippen LogP contribution >= 0.6 is 0 Å². The summed E-state index contributed by atoms with van der Waals surface area (Å²) in [5, 5.41) is 10.8. The molecule has 0 bridgehead atoms. The van der Waals surface area contributed by atoms with Crippen molar-refractivity contribution in [3.8, 4) is 5.75 Å². The van der Waals surface area contributed by atoms with Gasteiger partial charge in [0.2, 0.25) is 0 Å². The van der Waals surface area contributed by atoms with Crippen LogP contribution in [0.25, 0.3) is 0 Å². The van der Waals surface area contributed by atoms with Crippen molar-refractivity contribution in [3.63, 3.8) is 0 Å². The highest BCUT2D eigenvalue weighted by Crippen LogP contribution is 2.43. The lowest BCUT2D eigenvalue weighted by molar-refractivity contribution is 0.0586. The highest BCUT2D eigenvalue weighted by Gasteiger charge is 2.40. The molecule has 17 heavy (non-hydrogen) atoms. The van der Waals surface area contributed by atoms with E-state index in [9.17, 15) is 5.11 Å². The topological polar surface area (TPSA) is 42.6 Å². The Morgan fingerprint density at radius 2 is 2.24 bits per heavy atom. The van der Waals surface area contributed by atoms with Crippen molar-refractivity contribution in [1.82, 2.24) is 0 Å². The second kappa shape index (κ2) is 3.64. The van der Waals surface area contributed by atoms with Crippen LogP contribution < -0.4 is 4.74 Å².